The number of hydrogen-bond acceptors (Lipinski definition) is 10. The molecule has 0 radical (unpaired) electrons. The maximum Gasteiger partial charge on any atom is 0.360 e. The number of hydrogen-bond donors (Lipinski definition) is 2. The van der Waals surface area contributed by atoms with E-state index in [4.69, 9.17) is 15.7 Å². The van der Waals surface area contributed by atoms with Crippen molar-refractivity contribution in [3.8, 4) is 0 Å². The van der Waals surface area contributed by atoms with Gasteiger partial charge < -0.3 is 24.5 Å². The van der Waals surface area contributed by atoms with Crippen LogP contribution in [0.4, 0.5) is 0 Å². The normalized spacial score (nSPS) is 18.5. The molecule has 0 amide bonds. The predicted molar refractivity (Wildman–Crippen MR) is 163 cm³/mol. The summed E-state index contributed by atoms with van der Waals surface area (Å²) in [6.07, 6.45) is 16.7. The van der Waals surface area contributed by atoms with E-state index >= 15 is 0 Å². The fraction of sp³-hybridized carbons (Fsp3) is 0.387. The zero-order valence-corrected chi connectivity index (χ0v) is 24.2. The summed E-state index contributed by atoms with van der Waals surface area (Å²) in [7, 11) is 0. The average Bonchev–Trinajstić information content (AvgIpc) is 3.89. The van der Waals surface area contributed by atoms with Crippen molar-refractivity contribution in [3.05, 3.63) is 83.5 Å². The Morgan fingerprint density at radius 2 is 1.77 bits per heavy atom. The third-order valence-corrected chi connectivity index (χ3v) is 8.29. The van der Waals surface area contributed by atoms with Gasteiger partial charge in [-0.2, -0.15) is 5.10 Å². The number of esters is 1. The van der Waals surface area contributed by atoms with Gasteiger partial charge in [0.2, 0.25) is 0 Å². The standard InChI is InChI=1S/C31H34N10O3/c32-36-25(19-42)12-33-11-24-15-40-14-23(6-8-29(40)34-24)27-10-21(27)2-1-9-44-31(43)28-18-41(38-37-28)17-26-16-39-13-22(20-3-4-20)5-7-30(39)35-26/h5-8,12-16,18,20-21,27,42H,1-4,9-11,17,19,32H2. The highest BCUT2D eigenvalue weighted by Crippen LogP contribution is 2.50. The van der Waals surface area contributed by atoms with E-state index in [-0.39, 0.29) is 12.3 Å². The van der Waals surface area contributed by atoms with Crippen LogP contribution in [0.3, 0.4) is 0 Å². The van der Waals surface area contributed by atoms with Crippen LogP contribution in [0.5, 0.6) is 0 Å². The molecule has 44 heavy (non-hydrogen) atoms. The third-order valence-electron chi connectivity index (χ3n) is 8.29. The van der Waals surface area contributed by atoms with Gasteiger partial charge in [0.15, 0.2) is 5.69 Å². The quantitative estimate of drug-likeness (QED) is 0.0691. The molecule has 5 aromatic heterocycles. The zero-order chi connectivity index (χ0) is 30.0. The third kappa shape index (κ3) is 6.23. The van der Waals surface area contributed by atoms with Gasteiger partial charge in [0.1, 0.15) is 17.0 Å². The minimum atomic E-state index is -0.457. The van der Waals surface area contributed by atoms with Crippen LogP contribution < -0.4 is 5.84 Å². The first kappa shape index (κ1) is 27.9. The monoisotopic (exact) mass is 594 g/mol. The van der Waals surface area contributed by atoms with Crippen molar-refractivity contribution in [1.29, 1.82) is 0 Å². The van der Waals surface area contributed by atoms with E-state index in [9.17, 15) is 4.79 Å². The molecule has 0 spiro atoms. The highest BCUT2D eigenvalue weighted by atomic mass is 16.5. The van der Waals surface area contributed by atoms with E-state index in [0.717, 1.165) is 41.9 Å². The molecule has 3 N–H and O–H groups in total. The first-order valence-electron chi connectivity index (χ1n) is 15.0. The fourth-order valence-electron chi connectivity index (χ4n) is 5.71. The summed E-state index contributed by atoms with van der Waals surface area (Å²) < 4.78 is 11.2. The Labute approximate surface area is 253 Å². The summed E-state index contributed by atoms with van der Waals surface area (Å²) in [6.45, 7) is 0.899. The van der Waals surface area contributed by atoms with Crippen molar-refractivity contribution in [2.24, 2.45) is 21.9 Å². The molecular formula is C31H34N10O3. The average molecular weight is 595 g/mol. The number of ether oxygens (including phenoxy) is 1. The molecule has 226 valence electrons. The van der Waals surface area contributed by atoms with Crippen molar-refractivity contribution in [1.82, 2.24) is 33.8 Å². The maximum atomic E-state index is 12.6. The topological polar surface area (TPSA) is 163 Å². The summed E-state index contributed by atoms with van der Waals surface area (Å²) >= 11 is 0. The van der Waals surface area contributed by atoms with E-state index < -0.39 is 5.97 Å². The minimum absolute atomic E-state index is 0.203. The number of nitrogens with zero attached hydrogens (tertiary/aromatic N) is 9. The van der Waals surface area contributed by atoms with Crippen LogP contribution in [-0.4, -0.2) is 70.0 Å². The van der Waals surface area contributed by atoms with Crippen LogP contribution >= 0.6 is 0 Å². The highest BCUT2D eigenvalue weighted by molar-refractivity contribution is 6.31. The number of pyridine rings is 2. The molecular weight excluding hydrogens is 560 g/mol. The van der Waals surface area contributed by atoms with E-state index in [2.05, 4.69) is 59.3 Å². The van der Waals surface area contributed by atoms with E-state index in [1.54, 1.807) is 10.9 Å². The number of aliphatic hydroxyl groups is 1. The Morgan fingerprint density at radius 1 is 1.02 bits per heavy atom. The molecule has 2 saturated carbocycles. The molecule has 2 fully saturated rings. The molecule has 0 aliphatic heterocycles. The number of rotatable bonds is 13. The summed E-state index contributed by atoms with van der Waals surface area (Å²) in [5, 5.41) is 20.7. The molecule has 2 atom stereocenters. The van der Waals surface area contributed by atoms with Crippen molar-refractivity contribution in [2.75, 3.05) is 13.2 Å². The van der Waals surface area contributed by atoms with Crippen LogP contribution in [-0.2, 0) is 17.8 Å². The zero-order valence-electron chi connectivity index (χ0n) is 24.2. The Balaban J connectivity index is 0.856. The molecule has 7 rings (SSSR count). The van der Waals surface area contributed by atoms with Gasteiger partial charge in [-0.1, -0.05) is 17.3 Å². The molecule has 0 aromatic carbocycles. The van der Waals surface area contributed by atoms with Gasteiger partial charge >= 0.3 is 5.97 Å². The Bertz CT molecular complexity index is 1860. The molecule has 5 heterocycles. The summed E-state index contributed by atoms with van der Waals surface area (Å²) in [5.41, 5.74) is 6.57. The van der Waals surface area contributed by atoms with Crippen LogP contribution in [0.2, 0.25) is 0 Å². The number of aliphatic imine (C=N–C) groups is 1. The SMILES string of the molecule is NN=C(C=NCc1cn2cc(C3CC3CCCOC(=O)c3cn(Cc4cn5cc(C6CC6)ccc5n4)nn3)ccc2n1)CO. The van der Waals surface area contributed by atoms with Gasteiger partial charge in [0.05, 0.1) is 43.9 Å². The molecule has 2 aliphatic carbocycles. The summed E-state index contributed by atoms with van der Waals surface area (Å²) in [5.74, 6) is 6.48. The number of aromatic nitrogens is 7. The second kappa shape index (κ2) is 12.0. The second-order valence-corrected chi connectivity index (χ2v) is 11.6. The van der Waals surface area contributed by atoms with Crippen molar-refractivity contribution < 1.29 is 14.6 Å². The number of carbonyl (C=O) groups excluding carboxylic acids is 1. The number of hydrazone groups is 1. The van der Waals surface area contributed by atoms with Crippen molar-refractivity contribution in [2.45, 2.75) is 57.0 Å². The van der Waals surface area contributed by atoms with Crippen LogP contribution in [0.15, 0.2) is 65.3 Å². The summed E-state index contributed by atoms with van der Waals surface area (Å²) in [6, 6.07) is 8.36. The highest BCUT2D eigenvalue weighted by Gasteiger charge is 2.37. The molecule has 2 aliphatic rings. The van der Waals surface area contributed by atoms with Crippen LogP contribution in [0.25, 0.3) is 11.3 Å². The first-order valence-corrected chi connectivity index (χ1v) is 15.0. The Hall–Kier alpha value is -4.91. The Morgan fingerprint density at radius 3 is 2.55 bits per heavy atom. The fourth-order valence-corrected chi connectivity index (χ4v) is 5.71. The molecule has 13 heteroatoms. The van der Waals surface area contributed by atoms with Gasteiger partial charge in [0, 0.05) is 31.0 Å². The van der Waals surface area contributed by atoms with Gasteiger partial charge in [0.25, 0.3) is 0 Å². The van der Waals surface area contributed by atoms with Gasteiger partial charge in [-0.15, -0.1) is 5.10 Å². The number of fused-ring (bicyclic) bond motifs is 2. The molecule has 2 unspecified atom stereocenters. The lowest BCUT2D eigenvalue weighted by atomic mass is 10.1. The maximum absolute atomic E-state index is 12.6. The molecule has 5 aromatic rings. The van der Waals surface area contributed by atoms with Crippen molar-refractivity contribution in [3.63, 3.8) is 0 Å². The smallest absolute Gasteiger partial charge is 0.360 e. The van der Waals surface area contributed by atoms with E-state index in [0.29, 0.717) is 43.2 Å². The van der Waals surface area contributed by atoms with Gasteiger partial charge in [-0.05, 0) is 73.1 Å². The van der Waals surface area contributed by atoms with E-state index in [1.165, 1.54) is 30.2 Å². The molecule has 0 bridgehead atoms. The number of imidazole rings is 2. The summed E-state index contributed by atoms with van der Waals surface area (Å²) in [4.78, 5) is 26.1. The van der Waals surface area contributed by atoms with Crippen molar-refractivity contribution >= 4 is 29.2 Å². The largest absolute Gasteiger partial charge is 0.461 e. The lowest BCUT2D eigenvalue weighted by Crippen LogP contribution is -2.08. The van der Waals surface area contributed by atoms with Gasteiger partial charge in [-0.25, -0.2) is 19.4 Å². The minimum Gasteiger partial charge on any atom is -0.461 e. The first-order chi connectivity index (χ1) is 21.6. The predicted octanol–water partition coefficient (Wildman–Crippen LogP) is 3.12. The second-order valence-electron chi connectivity index (χ2n) is 11.6. The van der Waals surface area contributed by atoms with Crippen LogP contribution in [0.1, 0.15) is 76.9 Å². The number of carbonyl (C=O) groups is 1. The number of nitrogens with two attached hydrogens (primary N) is 1. The Kier molecular flexibility index (Phi) is 7.61. The lowest BCUT2D eigenvalue weighted by molar-refractivity contribution is 0.0489. The van der Waals surface area contributed by atoms with E-state index in [1.807, 2.05) is 28.9 Å². The molecule has 0 saturated heterocycles. The van der Waals surface area contributed by atoms with Crippen LogP contribution in [0, 0.1) is 5.92 Å². The van der Waals surface area contributed by atoms with Gasteiger partial charge in [-0.3, -0.25) is 4.99 Å². The number of aliphatic hydroxyl groups excluding tert-OH is 1. The lowest BCUT2D eigenvalue weighted by Gasteiger charge is -2.04. The molecule has 13 nitrogen and oxygen atoms in total.